The second-order valence-electron chi connectivity index (χ2n) is 9.78. The molecule has 4 heterocycles. The second kappa shape index (κ2) is 8.10. The number of carbonyl (C=O) groups excluding carboxylic acids is 1. The Hall–Kier alpha value is -3.37. The molecule has 2 fully saturated rings. The van der Waals surface area contributed by atoms with Crippen LogP contribution in [0.1, 0.15) is 41.8 Å². The first-order valence-electron chi connectivity index (χ1n) is 11.8. The van der Waals surface area contributed by atoms with Crippen LogP contribution in [0.2, 0.25) is 5.02 Å². The highest BCUT2D eigenvalue weighted by Crippen LogP contribution is 2.57. The van der Waals surface area contributed by atoms with Crippen molar-refractivity contribution in [3.63, 3.8) is 0 Å². The Bertz CT molecular complexity index is 1420. The lowest BCUT2D eigenvalue weighted by molar-refractivity contribution is -0.138. The van der Waals surface area contributed by atoms with Crippen molar-refractivity contribution >= 4 is 23.2 Å². The number of nitrogens with one attached hydrogen (secondary N) is 2. The van der Waals surface area contributed by atoms with Crippen molar-refractivity contribution in [3.8, 4) is 5.69 Å². The molecule has 180 valence electrons. The van der Waals surface area contributed by atoms with Gasteiger partial charge in [-0.05, 0) is 66.6 Å². The van der Waals surface area contributed by atoms with Gasteiger partial charge in [-0.25, -0.2) is 9.50 Å². The number of nitrogens with zero attached hydrogens (tertiary/aromatic N) is 7. The van der Waals surface area contributed by atoms with E-state index in [1.165, 1.54) is 0 Å². The fourth-order valence-electron chi connectivity index (χ4n) is 5.75. The summed E-state index contributed by atoms with van der Waals surface area (Å²) in [6.07, 6.45) is 8.23. The van der Waals surface area contributed by atoms with Crippen LogP contribution >= 0.6 is 11.6 Å². The molecule has 1 saturated heterocycles. The molecule has 1 aliphatic carbocycles. The Morgan fingerprint density at radius 3 is 2.74 bits per heavy atom. The number of halogens is 1. The van der Waals surface area contributed by atoms with E-state index >= 15 is 0 Å². The zero-order valence-corrected chi connectivity index (χ0v) is 20.4. The molecule has 1 aromatic carbocycles. The number of hydrogen-bond acceptors (Lipinski definition) is 7. The normalized spacial score (nSPS) is 23.7. The van der Waals surface area contributed by atoms with Gasteiger partial charge in [0.25, 0.3) is 0 Å². The van der Waals surface area contributed by atoms with Crippen LogP contribution in [0.4, 0.5) is 0 Å². The summed E-state index contributed by atoms with van der Waals surface area (Å²) in [5.41, 5.74) is 3.97. The van der Waals surface area contributed by atoms with Gasteiger partial charge >= 0.3 is 0 Å². The zero-order valence-electron chi connectivity index (χ0n) is 19.6. The van der Waals surface area contributed by atoms with Crippen LogP contribution in [-0.4, -0.2) is 53.8 Å². The van der Waals surface area contributed by atoms with Gasteiger partial charge in [-0.1, -0.05) is 29.8 Å². The van der Waals surface area contributed by atoms with Crippen molar-refractivity contribution in [3.05, 3.63) is 64.3 Å². The average Bonchev–Trinajstić information content (AvgIpc) is 3.53. The highest BCUT2D eigenvalue weighted by Gasteiger charge is 2.62. The quantitative estimate of drug-likeness (QED) is 0.425. The monoisotopic (exact) mass is 491 g/mol. The minimum atomic E-state index is -0.508. The molecule has 1 amide bonds. The van der Waals surface area contributed by atoms with E-state index in [4.69, 9.17) is 11.6 Å². The summed E-state index contributed by atoms with van der Waals surface area (Å²) in [6, 6.07) is 6.15. The maximum atomic E-state index is 12.7. The van der Waals surface area contributed by atoms with E-state index in [1.807, 2.05) is 23.1 Å². The molecule has 10 nitrogen and oxygen atoms in total. The van der Waals surface area contributed by atoms with Gasteiger partial charge < -0.3 is 10.6 Å². The number of rotatable bonds is 6. The number of benzene rings is 1. The molecule has 11 heteroatoms. The molecule has 35 heavy (non-hydrogen) atoms. The lowest BCUT2D eigenvalue weighted by Crippen LogP contribution is -2.61. The van der Waals surface area contributed by atoms with Crippen molar-refractivity contribution in [1.29, 1.82) is 0 Å². The molecule has 1 aliphatic heterocycles. The molecule has 6 rings (SSSR count). The molecule has 2 aliphatic rings. The highest BCUT2D eigenvalue weighted by atomic mass is 35.5. The average molecular weight is 492 g/mol. The Labute approximate surface area is 207 Å². The summed E-state index contributed by atoms with van der Waals surface area (Å²) in [6.45, 7) is 5.50. The first-order valence-corrected chi connectivity index (χ1v) is 12.2. The lowest BCUT2D eigenvalue weighted by Gasteiger charge is -2.52. The van der Waals surface area contributed by atoms with Crippen molar-refractivity contribution in [2.45, 2.75) is 45.1 Å². The van der Waals surface area contributed by atoms with E-state index in [-0.39, 0.29) is 11.3 Å². The van der Waals surface area contributed by atoms with Gasteiger partial charge in [0.05, 0.1) is 22.8 Å². The van der Waals surface area contributed by atoms with Crippen molar-refractivity contribution in [2.75, 3.05) is 13.1 Å². The van der Waals surface area contributed by atoms with Crippen LogP contribution in [-0.2, 0) is 16.8 Å². The Kier molecular flexibility index (Phi) is 5.12. The summed E-state index contributed by atoms with van der Waals surface area (Å²) in [4.78, 5) is 17.1. The standard InChI is InChI=1S/C24H26ClN9O/c1-15-4-3-5-16(2)19(15)34-21(30-31-32-34)24(13-23(14-24)7-9-26-22(23)35)28-8-6-17-10-27-20-18(25)11-29-33(20)12-17/h3-5,10-12,28H,6-9,13-14H2,1-2H3,(H,26,35). The maximum Gasteiger partial charge on any atom is 0.226 e. The van der Waals surface area contributed by atoms with E-state index in [2.05, 4.69) is 62.2 Å². The maximum absolute atomic E-state index is 12.7. The molecule has 0 atom stereocenters. The molecule has 2 N–H and O–H groups in total. The van der Waals surface area contributed by atoms with Crippen LogP contribution in [0, 0.1) is 19.3 Å². The van der Waals surface area contributed by atoms with Gasteiger partial charge in [0.2, 0.25) is 5.91 Å². The van der Waals surface area contributed by atoms with Crippen LogP contribution in [0.5, 0.6) is 0 Å². The number of carbonyl (C=O) groups is 1. The van der Waals surface area contributed by atoms with Crippen LogP contribution in [0.25, 0.3) is 11.3 Å². The molecule has 0 radical (unpaired) electrons. The van der Waals surface area contributed by atoms with Crippen LogP contribution in [0.3, 0.4) is 0 Å². The third-order valence-corrected chi connectivity index (χ3v) is 7.71. The number of tetrazole rings is 1. The number of amides is 1. The fourth-order valence-corrected chi connectivity index (χ4v) is 5.93. The van der Waals surface area contributed by atoms with Crippen molar-refractivity contribution in [1.82, 2.24) is 45.4 Å². The fraction of sp³-hybridized carbons (Fsp3) is 0.417. The van der Waals surface area contributed by atoms with E-state index in [9.17, 15) is 4.79 Å². The van der Waals surface area contributed by atoms with Gasteiger partial charge in [0, 0.05) is 25.5 Å². The molecule has 0 bridgehead atoms. The summed E-state index contributed by atoms with van der Waals surface area (Å²) in [5, 5.41) is 24.4. The Morgan fingerprint density at radius 2 is 2.00 bits per heavy atom. The van der Waals surface area contributed by atoms with Gasteiger partial charge in [-0.15, -0.1) is 5.10 Å². The van der Waals surface area contributed by atoms with Gasteiger partial charge in [0.15, 0.2) is 11.5 Å². The van der Waals surface area contributed by atoms with Crippen LogP contribution in [0.15, 0.2) is 36.8 Å². The largest absolute Gasteiger partial charge is 0.356 e. The minimum Gasteiger partial charge on any atom is -0.356 e. The van der Waals surface area contributed by atoms with Gasteiger partial charge in [-0.3, -0.25) is 4.79 Å². The molecular weight excluding hydrogens is 466 g/mol. The van der Waals surface area contributed by atoms with E-state index in [0.29, 0.717) is 30.1 Å². The first-order chi connectivity index (χ1) is 16.9. The SMILES string of the molecule is Cc1cccc(C)c1-n1nnnc1C1(NCCc2cnc3c(Cl)cnn3c2)CC2(CCNC2=O)C1. The first kappa shape index (κ1) is 22.1. The van der Waals surface area contributed by atoms with Gasteiger partial charge in [0.1, 0.15) is 5.02 Å². The second-order valence-corrected chi connectivity index (χ2v) is 10.2. The van der Waals surface area contributed by atoms with Gasteiger partial charge in [-0.2, -0.15) is 9.78 Å². The smallest absolute Gasteiger partial charge is 0.226 e. The third-order valence-electron chi connectivity index (χ3n) is 7.44. The topological polar surface area (TPSA) is 115 Å². The van der Waals surface area contributed by atoms with Crippen molar-refractivity contribution in [2.24, 2.45) is 5.41 Å². The molecule has 1 spiro atoms. The predicted molar refractivity (Wildman–Crippen MR) is 129 cm³/mol. The number of para-hydroxylation sites is 1. The Balaban J connectivity index is 1.30. The molecule has 0 unspecified atom stereocenters. The minimum absolute atomic E-state index is 0.131. The zero-order chi connectivity index (χ0) is 24.2. The number of hydrogen-bond donors (Lipinski definition) is 2. The van der Waals surface area contributed by atoms with E-state index in [0.717, 1.165) is 47.6 Å². The molecule has 3 aromatic heterocycles. The summed E-state index contributed by atoms with van der Waals surface area (Å²) in [7, 11) is 0. The molecule has 4 aromatic rings. The third kappa shape index (κ3) is 3.51. The van der Waals surface area contributed by atoms with Crippen LogP contribution < -0.4 is 10.6 Å². The highest BCUT2D eigenvalue weighted by molar-refractivity contribution is 6.33. The summed E-state index contributed by atoms with van der Waals surface area (Å²) >= 11 is 6.12. The number of fused-ring (bicyclic) bond motifs is 1. The van der Waals surface area contributed by atoms with E-state index < -0.39 is 5.54 Å². The predicted octanol–water partition coefficient (Wildman–Crippen LogP) is 2.30. The Morgan fingerprint density at radius 1 is 1.20 bits per heavy atom. The van der Waals surface area contributed by atoms with Crippen molar-refractivity contribution < 1.29 is 4.79 Å². The van der Waals surface area contributed by atoms with E-state index in [1.54, 1.807) is 10.7 Å². The summed E-state index contributed by atoms with van der Waals surface area (Å²) < 4.78 is 3.53. The summed E-state index contributed by atoms with van der Waals surface area (Å²) in [5.74, 6) is 0.874. The molecule has 1 saturated carbocycles. The number of aromatic nitrogens is 7. The molecular formula is C24H26ClN9O. The number of aryl methyl sites for hydroxylation is 2. The lowest BCUT2D eigenvalue weighted by atomic mass is 9.56.